The number of aliphatic hydroxyl groups excluding tert-OH is 1. The van der Waals surface area contributed by atoms with E-state index in [2.05, 4.69) is 10.1 Å². The summed E-state index contributed by atoms with van der Waals surface area (Å²) in [6.45, 7) is 0.607. The van der Waals surface area contributed by atoms with Crippen molar-refractivity contribution < 1.29 is 24.2 Å². The largest absolute Gasteiger partial charge is 0.467 e. The fourth-order valence-corrected chi connectivity index (χ4v) is 2.02. The van der Waals surface area contributed by atoms with Crippen molar-refractivity contribution in [1.82, 2.24) is 5.32 Å². The molecule has 1 amide bonds. The number of alkyl carbamates (subject to hydrolysis) is 1. The van der Waals surface area contributed by atoms with Crippen molar-refractivity contribution in [2.24, 2.45) is 5.73 Å². The molecule has 0 aliphatic heterocycles. The predicted octanol–water partition coefficient (Wildman–Crippen LogP) is 0.944. The number of amides is 1. The lowest BCUT2D eigenvalue weighted by Crippen LogP contribution is -2.47. The van der Waals surface area contributed by atoms with E-state index in [1.165, 1.54) is 7.11 Å². The molecular weight excluding hydrogens is 300 g/mol. The summed E-state index contributed by atoms with van der Waals surface area (Å²) in [5.74, 6) is -0.800. The van der Waals surface area contributed by atoms with Gasteiger partial charge < -0.3 is 25.6 Å². The molecule has 4 N–H and O–H groups in total. The normalized spacial score (nSPS) is 13.0. The molecule has 1 rings (SSSR count). The van der Waals surface area contributed by atoms with Crippen LogP contribution in [0.3, 0.4) is 0 Å². The molecule has 0 aromatic heterocycles. The van der Waals surface area contributed by atoms with Gasteiger partial charge in [-0.25, -0.2) is 9.59 Å². The number of nitrogens with one attached hydrogen (secondary N) is 1. The predicted molar refractivity (Wildman–Crippen MR) is 84.5 cm³/mol. The quantitative estimate of drug-likeness (QED) is 0.460. The third kappa shape index (κ3) is 7.12. The Kier molecular flexibility index (Phi) is 8.71. The highest BCUT2D eigenvalue weighted by atomic mass is 16.6. The van der Waals surface area contributed by atoms with Gasteiger partial charge in [0.2, 0.25) is 0 Å². The maximum atomic E-state index is 11.9. The Morgan fingerprint density at radius 2 is 1.96 bits per heavy atom. The molecule has 0 bridgehead atoms. The van der Waals surface area contributed by atoms with Crippen LogP contribution in [0.25, 0.3) is 0 Å². The van der Waals surface area contributed by atoms with Crippen molar-refractivity contribution in [3.63, 3.8) is 0 Å². The second-order valence-corrected chi connectivity index (χ2v) is 5.07. The zero-order valence-electron chi connectivity index (χ0n) is 13.2. The monoisotopic (exact) mass is 324 g/mol. The van der Waals surface area contributed by atoms with Crippen LogP contribution in [0.4, 0.5) is 4.79 Å². The highest BCUT2D eigenvalue weighted by molar-refractivity contribution is 5.76. The van der Waals surface area contributed by atoms with Gasteiger partial charge in [-0.1, -0.05) is 36.8 Å². The summed E-state index contributed by atoms with van der Waals surface area (Å²) in [5, 5.41) is 12.4. The summed E-state index contributed by atoms with van der Waals surface area (Å²) in [5.41, 5.74) is 6.27. The van der Waals surface area contributed by atoms with Gasteiger partial charge in [0.05, 0.1) is 13.2 Å². The molecule has 1 aromatic carbocycles. The molecule has 1 aromatic rings. The zero-order valence-corrected chi connectivity index (χ0v) is 13.2. The van der Waals surface area contributed by atoms with Crippen LogP contribution in [0, 0.1) is 0 Å². The summed E-state index contributed by atoms with van der Waals surface area (Å²) >= 11 is 0. The Balaban J connectivity index is 2.53. The van der Waals surface area contributed by atoms with Crippen LogP contribution in [-0.4, -0.2) is 43.0 Å². The number of nitrogens with two attached hydrogens (primary N) is 1. The number of carbonyl (C=O) groups excluding carboxylic acids is 2. The standard InChI is InChI=1S/C16H24N2O5/c1-22-15(20)14(19)13(9-5-6-10-17)18-16(21)23-11-12-7-3-2-4-8-12/h2-4,7-8,13-14,19H,5-6,9-11,17H2,1H3,(H,18,21)/t13-,14?/m0/s1. The second-order valence-electron chi connectivity index (χ2n) is 5.07. The van der Waals surface area contributed by atoms with Crippen LogP contribution in [0.2, 0.25) is 0 Å². The average Bonchev–Trinajstić information content (AvgIpc) is 2.58. The summed E-state index contributed by atoms with van der Waals surface area (Å²) in [4.78, 5) is 23.3. The van der Waals surface area contributed by atoms with Crippen molar-refractivity contribution in [2.75, 3.05) is 13.7 Å². The summed E-state index contributed by atoms with van der Waals surface area (Å²) < 4.78 is 9.59. The minimum absolute atomic E-state index is 0.108. The highest BCUT2D eigenvalue weighted by Crippen LogP contribution is 2.08. The fourth-order valence-electron chi connectivity index (χ4n) is 2.02. The Morgan fingerprint density at radius 1 is 1.26 bits per heavy atom. The van der Waals surface area contributed by atoms with E-state index in [1.807, 2.05) is 30.3 Å². The van der Waals surface area contributed by atoms with E-state index in [4.69, 9.17) is 10.5 Å². The van der Waals surface area contributed by atoms with E-state index in [0.717, 1.165) is 12.0 Å². The summed E-state index contributed by atoms with van der Waals surface area (Å²) in [6, 6.07) is 8.42. The number of carbonyl (C=O) groups is 2. The van der Waals surface area contributed by atoms with Crippen LogP contribution in [0.15, 0.2) is 30.3 Å². The molecule has 0 fully saturated rings. The van der Waals surface area contributed by atoms with Crippen molar-refractivity contribution in [3.8, 4) is 0 Å². The average molecular weight is 324 g/mol. The Morgan fingerprint density at radius 3 is 2.57 bits per heavy atom. The molecule has 7 heteroatoms. The third-order valence-electron chi connectivity index (χ3n) is 3.31. The SMILES string of the molecule is COC(=O)C(O)[C@H](CCCCN)NC(=O)OCc1ccccc1. The van der Waals surface area contributed by atoms with E-state index in [-0.39, 0.29) is 6.61 Å². The maximum Gasteiger partial charge on any atom is 0.407 e. The van der Waals surface area contributed by atoms with Crippen LogP contribution < -0.4 is 11.1 Å². The summed E-state index contributed by atoms with van der Waals surface area (Å²) in [7, 11) is 1.18. The molecule has 0 spiro atoms. The molecule has 0 saturated heterocycles. The van der Waals surface area contributed by atoms with Gasteiger partial charge >= 0.3 is 12.1 Å². The Bertz CT molecular complexity index is 481. The topological polar surface area (TPSA) is 111 Å². The number of hydrogen-bond acceptors (Lipinski definition) is 6. The van der Waals surface area contributed by atoms with Crippen molar-refractivity contribution in [1.29, 1.82) is 0 Å². The Hall–Kier alpha value is -2.12. The lowest BCUT2D eigenvalue weighted by molar-refractivity contribution is -0.152. The molecule has 0 radical (unpaired) electrons. The smallest absolute Gasteiger partial charge is 0.407 e. The van der Waals surface area contributed by atoms with Gasteiger partial charge in [0.1, 0.15) is 6.61 Å². The molecule has 0 heterocycles. The van der Waals surface area contributed by atoms with E-state index in [0.29, 0.717) is 19.4 Å². The molecular formula is C16H24N2O5. The number of esters is 1. The lowest BCUT2D eigenvalue weighted by atomic mass is 10.0. The number of benzene rings is 1. The first-order valence-electron chi connectivity index (χ1n) is 7.51. The van der Waals surface area contributed by atoms with Gasteiger partial charge in [-0.2, -0.15) is 0 Å². The van der Waals surface area contributed by atoms with Crippen molar-refractivity contribution in [2.45, 2.75) is 38.0 Å². The van der Waals surface area contributed by atoms with Crippen LogP contribution >= 0.6 is 0 Å². The molecule has 2 atom stereocenters. The molecule has 128 valence electrons. The van der Waals surface area contributed by atoms with Gasteiger partial charge in [0.15, 0.2) is 6.10 Å². The fraction of sp³-hybridized carbons (Fsp3) is 0.500. The van der Waals surface area contributed by atoms with Crippen LogP contribution in [0.5, 0.6) is 0 Å². The first kappa shape index (κ1) is 18.9. The molecule has 7 nitrogen and oxygen atoms in total. The first-order valence-corrected chi connectivity index (χ1v) is 7.51. The molecule has 0 aliphatic carbocycles. The van der Waals surface area contributed by atoms with Gasteiger partial charge in [0.25, 0.3) is 0 Å². The molecule has 0 aliphatic rings. The number of methoxy groups -OCH3 is 1. The van der Waals surface area contributed by atoms with E-state index in [1.54, 1.807) is 0 Å². The van der Waals surface area contributed by atoms with E-state index < -0.39 is 24.2 Å². The van der Waals surface area contributed by atoms with E-state index >= 15 is 0 Å². The molecule has 23 heavy (non-hydrogen) atoms. The number of ether oxygens (including phenoxy) is 2. The van der Waals surface area contributed by atoms with Crippen LogP contribution in [0.1, 0.15) is 24.8 Å². The zero-order chi connectivity index (χ0) is 17.1. The summed E-state index contributed by atoms with van der Waals surface area (Å²) in [6.07, 6.45) is -0.357. The maximum absolute atomic E-state index is 11.9. The number of aliphatic hydroxyl groups is 1. The number of hydrogen-bond donors (Lipinski definition) is 3. The van der Waals surface area contributed by atoms with Crippen molar-refractivity contribution in [3.05, 3.63) is 35.9 Å². The van der Waals surface area contributed by atoms with E-state index in [9.17, 15) is 14.7 Å². The van der Waals surface area contributed by atoms with Gasteiger partial charge in [-0.05, 0) is 24.9 Å². The highest BCUT2D eigenvalue weighted by Gasteiger charge is 2.28. The Labute approximate surface area is 135 Å². The third-order valence-corrected chi connectivity index (χ3v) is 3.31. The first-order chi connectivity index (χ1) is 11.1. The van der Waals surface area contributed by atoms with Gasteiger partial charge in [-0.15, -0.1) is 0 Å². The molecule has 1 unspecified atom stereocenters. The lowest BCUT2D eigenvalue weighted by Gasteiger charge is -2.22. The molecule has 0 saturated carbocycles. The van der Waals surface area contributed by atoms with Gasteiger partial charge in [0, 0.05) is 0 Å². The minimum Gasteiger partial charge on any atom is -0.467 e. The van der Waals surface area contributed by atoms with Gasteiger partial charge in [-0.3, -0.25) is 0 Å². The number of rotatable bonds is 9. The second kappa shape index (κ2) is 10.6. The van der Waals surface area contributed by atoms with Crippen molar-refractivity contribution >= 4 is 12.1 Å². The van der Waals surface area contributed by atoms with Crippen LogP contribution in [-0.2, 0) is 20.9 Å². The number of unbranched alkanes of at least 4 members (excludes halogenated alkanes) is 1. The minimum atomic E-state index is -1.44.